The molecule has 0 saturated heterocycles. The van der Waals surface area contributed by atoms with Crippen molar-refractivity contribution in [3.63, 3.8) is 0 Å². The first kappa shape index (κ1) is 19.1. The molecule has 126 valence electrons. The molecular weight excluding hydrogens is 303 g/mol. The number of benzene rings is 1. The molecule has 1 aromatic rings. The zero-order valence-electron chi connectivity index (χ0n) is 13.5. The van der Waals surface area contributed by atoms with Crippen molar-refractivity contribution in [2.75, 3.05) is 0 Å². The molecule has 22 heavy (non-hydrogen) atoms. The number of aryl methyl sites for hydroxylation is 1. The van der Waals surface area contributed by atoms with Crippen molar-refractivity contribution in [1.29, 1.82) is 0 Å². The highest BCUT2D eigenvalue weighted by atomic mass is 32.2. The lowest BCUT2D eigenvalue weighted by molar-refractivity contribution is 0.301. The average molecular weight is 330 g/mol. The van der Waals surface area contributed by atoms with Gasteiger partial charge in [0.2, 0.25) is 0 Å². The highest BCUT2D eigenvalue weighted by Gasteiger charge is 2.18. The van der Waals surface area contributed by atoms with E-state index < -0.39 is 16.3 Å². The predicted molar refractivity (Wildman–Crippen MR) is 87.6 cm³/mol. The molecule has 1 aromatic carbocycles. The summed E-state index contributed by atoms with van der Waals surface area (Å²) in [5.74, 6) is 0. The van der Waals surface area contributed by atoms with Gasteiger partial charge >= 0.3 is 0 Å². The van der Waals surface area contributed by atoms with E-state index in [1.165, 1.54) is 25.3 Å². The largest absolute Gasteiger partial charge is 0.294 e. The van der Waals surface area contributed by atoms with Crippen LogP contribution in [0, 0.1) is 6.92 Å². The van der Waals surface area contributed by atoms with Gasteiger partial charge in [-0.15, -0.1) is 0 Å². The van der Waals surface area contributed by atoms with Crippen LogP contribution >= 0.6 is 0 Å². The van der Waals surface area contributed by atoms with Gasteiger partial charge in [0.25, 0.3) is 10.1 Å². The van der Waals surface area contributed by atoms with Crippen LogP contribution in [-0.4, -0.2) is 19.1 Å². The minimum absolute atomic E-state index is 0.0335. The van der Waals surface area contributed by atoms with E-state index in [1.54, 1.807) is 12.1 Å². The molecule has 5 heteroatoms. The van der Waals surface area contributed by atoms with Crippen LogP contribution in [0.15, 0.2) is 23.1 Å². The van der Waals surface area contributed by atoms with Crippen LogP contribution in [0.3, 0.4) is 0 Å². The highest BCUT2D eigenvalue weighted by Crippen LogP contribution is 2.22. The fraction of sp³-hybridized carbons (Fsp3) is 0.647. The zero-order valence-corrected chi connectivity index (χ0v) is 14.3. The van der Waals surface area contributed by atoms with E-state index in [9.17, 15) is 17.4 Å². The lowest BCUT2D eigenvalue weighted by Crippen LogP contribution is -2.10. The molecule has 0 bridgehead atoms. The van der Waals surface area contributed by atoms with Crippen molar-refractivity contribution in [1.82, 2.24) is 0 Å². The Hall–Kier alpha value is -0.940. The molecule has 0 aliphatic rings. The molecule has 0 radical (unpaired) electrons. The third kappa shape index (κ3) is 6.88. The smallest absolute Gasteiger partial charge is 0.282 e. The van der Waals surface area contributed by atoms with Crippen LogP contribution in [0.25, 0.3) is 0 Å². The summed E-state index contributed by atoms with van der Waals surface area (Å²) in [6.07, 6.45) is 5.96. The molecule has 3 nitrogen and oxygen atoms in total. The summed E-state index contributed by atoms with van der Waals surface area (Å²) in [5, 5.41) is 0. The number of rotatable bonds is 10. The van der Waals surface area contributed by atoms with Gasteiger partial charge in [0.1, 0.15) is 6.17 Å². The standard InChI is InChI=1S/C17H27FO3S/c1-3-4-5-6-7-8-9-16(18)13-15-12-14(2)10-11-17(15)22(19,20)21/h10-12,16H,3-9,13H2,1-2H3,(H,19,20,21)/t16-/m0/s1. The maximum Gasteiger partial charge on any atom is 0.294 e. The van der Waals surface area contributed by atoms with E-state index in [1.807, 2.05) is 6.92 Å². The van der Waals surface area contributed by atoms with Gasteiger partial charge < -0.3 is 0 Å². The molecule has 0 amide bonds. The van der Waals surface area contributed by atoms with E-state index in [0.717, 1.165) is 24.8 Å². The SMILES string of the molecule is CCCCCCCC[C@H](F)Cc1cc(C)ccc1S(=O)(=O)O. The van der Waals surface area contributed by atoms with Gasteiger partial charge in [0.05, 0.1) is 4.90 Å². The molecule has 0 aliphatic heterocycles. The Labute approximate surface area is 133 Å². The second kappa shape index (κ2) is 9.26. The van der Waals surface area contributed by atoms with E-state index in [2.05, 4.69) is 6.92 Å². The van der Waals surface area contributed by atoms with Crippen molar-refractivity contribution >= 4 is 10.1 Å². The average Bonchev–Trinajstić information content (AvgIpc) is 2.41. The van der Waals surface area contributed by atoms with Crippen molar-refractivity contribution < 1.29 is 17.4 Å². The fourth-order valence-electron chi connectivity index (χ4n) is 2.61. The maximum absolute atomic E-state index is 14.1. The Morgan fingerprint density at radius 3 is 2.41 bits per heavy atom. The van der Waals surface area contributed by atoms with E-state index in [4.69, 9.17) is 0 Å². The molecule has 0 heterocycles. The molecule has 0 fully saturated rings. The molecule has 0 saturated carbocycles. The minimum atomic E-state index is -4.30. The van der Waals surface area contributed by atoms with Gasteiger partial charge in [0, 0.05) is 6.42 Å². The molecule has 1 N–H and O–H groups in total. The van der Waals surface area contributed by atoms with Crippen molar-refractivity contribution in [2.45, 2.75) is 76.3 Å². The Kier molecular flexibility index (Phi) is 8.04. The second-order valence-electron chi connectivity index (χ2n) is 5.94. The molecule has 0 unspecified atom stereocenters. The van der Waals surface area contributed by atoms with E-state index >= 15 is 0 Å². The van der Waals surface area contributed by atoms with Crippen LogP contribution in [-0.2, 0) is 16.5 Å². The van der Waals surface area contributed by atoms with Gasteiger partial charge in [-0.05, 0) is 25.0 Å². The van der Waals surface area contributed by atoms with Crippen LogP contribution in [0.1, 0.15) is 63.0 Å². The molecule has 0 aliphatic carbocycles. The number of hydrogen-bond donors (Lipinski definition) is 1. The number of unbranched alkanes of at least 4 members (excludes halogenated alkanes) is 5. The lowest BCUT2D eigenvalue weighted by atomic mass is 10.0. The molecule has 1 atom stereocenters. The van der Waals surface area contributed by atoms with Crippen LogP contribution < -0.4 is 0 Å². The molecular formula is C17H27FO3S. The summed E-state index contributed by atoms with van der Waals surface area (Å²) in [4.78, 5) is -0.177. The highest BCUT2D eigenvalue weighted by molar-refractivity contribution is 7.85. The Morgan fingerprint density at radius 1 is 1.14 bits per heavy atom. The first-order valence-electron chi connectivity index (χ1n) is 8.05. The minimum Gasteiger partial charge on any atom is -0.282 e. The molecule has 0 spiro atoms. The number of hydrogen-bond acceptors (Lipinski definition) is 2. The summed E-state index contributed by atoms with van der Waals surface area (Å²) in [5.41, 5.74) is 1.22. The lowest BCUT2D eigenvalue weighted by Gasteiger charge is -2.12. The second-order valence-corrected chi connectivity index (χ2v) is 7.33. The van der Waals surface area contributed by atoms with Crippen LogP contribution in [0.2, 0.25) is 0 Å². The van der Waals surface area contributed by atoms with E-state index in [-0.39, 0.29) is 11.3 Å². The third-order valence-electron chi connectivity index (χ3n) is 3.81. The predicted octanol–water partition coefficient (Wildman–Crippen LogP) is 4.87. The zero-order chi connectivity index (χ0) is 16.6. The Balaban J connectivity index is 2.54. The third-order valence-corrected chi connectivity index (χ3v) is 4.76. The fourth-order valence-corrected chi connectivity index (χ4v) is 3.32. The van der Waals surface area contributed by atoms with Gasteiger partial charge in [-0.25, -0.2) is 4.39 Å². The molecule has 1 rings (SSSR count). The van der Waals surface area contributed by atoms with E-state index in [0.29, 0.717) is 12.0 Å². The topological polar surface area (TPSA) is 54.4 Å². The summed E-state index contributed by atoms with van der Waals surface area (Å²) >= 11 is 0. The van der Waals surface area contributed by atoms with Crippen molar-refractivity contribution in [2.24, 2.45) is 0 Å². The first-order valence-corrected chi connectivity index (χ1v) is 9.49. The quantitative estimate of drug-likeness (QED) is 0.492. The maximum atomic E-state index is 14.1. The van der Waals surface area contributed by atoms with Crippen LogP contribution in [0.4, 0.5) is 4.39 Å². The monoisotopic (exact) mass is 330 g/mol. The van der Waals surface area contributed by atoms with Crippen LogP contribution in [0.5, 0.6) is 0 Å². The Bertz CT molecular complexity index is 555. The summed E-state index contributed by atoms with van der Waals surface area (Å²) in [6, 6.07) is 4.59. The number of halogens is 1. The summed E-state index contributed by atoms with van der Waals surface area (Å²) in [6.45, 7) is 3.98. The first-order chi connectivity index (χ1) is 10.3. The number of alkyl halides is 1. The van der Waals surface area contributed by atoms with Gasteiger partial charge in [-0.2, -0.15) is 8.42 Å². The van der Waals surface area contributed by atoms with Gasteiger partial charge in [-0.3, -0.25) is 4.55 Å². The summed E-state index contributed by atoms with van der Waals surface area (Å²) < 4.78 is 46.0. The summed E-state index contributed by atoms with van der Waals surface area (Å²) in [7, 11) is -4.30. The van der Waals surface area contributed by atoms with Gasteiger partial charge in [0.15, 0.2) is 0 Å². The van der Waals surface area contributed by atoms with Crippen molar-refractivity contribution in [3.8, 4) is 0 Å². The van der Waals surface area contributed by atoms with Crippen molar-refractivity contribution in [3.05, 3.63) is 29.3 Å². The Morgan fingerprint density at radius 2 is 1.77 bits per heavy atom. The molecule has 0 aromatic heterocycles. The normalized spacial score (nSPS) is 13.3. The van der Waals surface area contributed by atoms with Gasteiger partial charge in [-0.1, -0.05) is 63.1 Å².